The van der Waals surface area contributed by atoms with Gasteiger partial charge in [-0.3, -0.25) is 4.79 Å². The molecule has 6 heteroatoms. The molecule has 4 aromatic rings. The fourth-order valence-corrected chi connectivity index (χ4v) is 3.44. The van der Waals surface area contributed by atoms with E-state index in [0.717, 1.165) is 21.1 Å². The van der Waals surface area contributed by atoms with Crippen molar-refractivity contribution in [2.24, 2.45) is 0 Å². The van der Waals surface area contributed by atoms with Crippen LogP contribution in [0.1, 0.15) is 21.1 Å². The first kappa shape index (κ1) is 16.8. The molecule has 0 fully saturated rings. The largest absolute Gasteiger partial charge is 0.337 e. The van der Waals surface area contributed by atoms with Gasteiger partial charge in [0.05, 0.1) is 21.6 Å². The molecule has 1 amide bonds. The Morgan fingerprint density at radius 1 is 1.08 bits per heavy atom. The molecule has 0 spiro atoms. The first-order valence-corrected chi connectivity index (χ1v) is 9.63. The minimum atomic E-state index is -0.149. The van der Waals surface area contributed by atoms with Gasteiger partial charge in [-0.05, 0) is 47.4 Å². The van der Waals surface area contributed by atoms with Gasteiger partial charge in [-0.15, -0.1) is 11.3 Å². The van der Waals surface area contributed by atoms with Gasteiger partial charge < -0.3 is 10.3 Å². The average molecular weight is 424 g/mol. The zero-order chi connectivity index (χ0) is 17.9. The van der Waals surface area contributed by atoms with Crippen molar-refractivity contribution in [1.82, 2.24) is 15.3 Å². The van der Waals surface area contributed by atoms with E-state index < -0.39 is 0 Å². The number of imidazole rings is 1. The number of rotatable bonds is 4. The van der Waals surface area contributed by atoms with Crippen molar-refractivity contribution >= 4 is 56.0 Å². The van der Waals surface area contributed by atoms with Crippen LogP contribution in [-0.4, -0.2) is 15.9 Å². The molecule has 2 heterocycles. The van der Waals surface area contributed by atoms with Gasteiger partial charge in [-0.25, -0.2) is 4.98 Å². The van der Waals surface area contributed by atoms with E-state index in [-0.39, 0.29) is 5.91 Å². The number of halogens is 1. The summed E-state index contributed by atoms with van der Waals surface area (Å²) in [6.45, 7) is 0. The summed E-state index contributed by atoms with van der Waals surface area (Å²) in [6, 6.07) is 19.3. The summed E-state index contributed by atoms with van der Waals surface area (Å²) in [5.41, 5.74) is 3.38. The van der Waals surface area contributed by atoms with Crippen LogP contribution in [0.25, 0.3) is 22.8 Å². The molecule has 0 aliphatic carbocycles. The number of hydrogen-bond donors (Lipinski definition) is 2. The molecule has 2 aromatic carbocycles. The SMILES string of the molecule is O=C(N/C(=C/c1ccc(Br)cc1)c1nc2ccccc2[nH]1)c1cccs1. The first-order chi connectivity index (χ1) is 12.7. The number of carbonyl (C=O) groups excluding carboxylic acids is 1. The maximum Gasteiger partial charge on any atom is 0.265 e. The van der Waals surface area contributed by atoms with Crippen molar-refractivity contribution in [3.8, 4) is 0 Å². The Balaban J connectivity index is 1.75. The quantitative estimate of drug-likeness (QED) is 0.466. The highest BCUT2D eigenvalue weighted by Gasteiger charge is 2.13. The number of benzene rings is 2. The van der Waals surface area contributed by atoms with Gasteiger partial charge in [0.15, 0.2) is 5.82 Å². The Bertz CT molecular complexity index is 1050. The van der Waals surface area contributed by atoms with Gasteiger partial charge in [0.2, 0.25) is 0 Å². The second-order valence-corrected chi connectivity index (χ2v) is 7.51. The lowest BCUT2D eigenvalue weighted by atomic mass is 10.2. The minimum Gasteiger partial charge on any atom is -0.337 e. The molecular formula is C20H14BrN3OS. The molecule has 4 nitrogen and oxygen atoms in total. The van der Waals surface area contributed by atoms with Gasteiger partial charge >= 0.3 is 0 Å². The van der Waals surface area contributed by atoms with Crippen LogP contribution in [0.2, 0.25) is 0 Å². The number of aromatic amines is 1. The summed E-state index contributed by atoms with van der Waals surface area (Å²) >= 11 is 4.84. The fourth-order valence-electron chi connectivity index (χ4n) is 2.56. The molecule has 2 aromatic heterocycles. The highest BCUT2D eigenvalue weighted by Crippen LogP contribution is 2.20. The third-order valence-corrected chi connectivity index (χ3v) is 5.22. The molecule has 4 rings (SSSR count). The molecule has 128 valence electrons. The Morgan fingerprint density at radius 3 is 2.62 bits per heavy atom. The van der Waals surface area contributed by atoms with E-state index in [9.17, 15) is 4.79 Å². The number of para-hydroxylation sites is 2. The highest BCUT2D eigenvalue weighted by molar-refractivity contribution is 9.10. The Labute approximate surface area is 162 Å². The van der Waals surface area contributed by atoms with Crippen LogP contribution in [0.15, 0.2) is 70.5 Å². The number of thiophene rings is 1. The number of aromatic nitrogens is 2. The summed E-state index contributed by atoms with van der Waals surface area (Å²) in [6.07, 6.45) is 1.91. The van der Waals surface area contributed by atoms with E-state index in [0.29, 0.717) is 16.4 Å². The molecule has 0 saturated carbocycles. The van der Waals surface area contributed by atoms with Crippen LogP contribution < -0.4 is 5.32 Å². The van der Waals surface area contributed by atoms with Crippen LogP contribution in [0, 0.1) is 0 Å². The molecule has 2 N–H and O–H groups in total. The van der Waals surface area contributed by atoms with Crippen molar-refractivity contribution in [2.45, 2.75) is 0 Å². The number of nitrogens with one attached hydrogen (secondary N) is 2. The third kappa shape index (κ3) is 3.61. The molecule has 0 bridgehead atoms. The van der Waals surface area contributed by atoms with Crippen LogP contribution in [0.5, 0.6) is 0 Å². The molecule has 0 saturated heterocycles. The zero-order valence-corrected chi connectivity index (χ0v) is 16.0. The zero-order valence-electron chi connectivity index (χ0n) is 13.6. The predicted molar refractivity (Wildman–Crippen MR) is 110 cm³/mol. The number of fused-ring (bicyclic) bond motifs is 1. The monoisotopic (exact) mass is 423 g/mol. The Hall–Kier alpha value is -2.70. The summed E-state index contributed by atoms with van der Waals surface area (Å²) in [7, 11) is 0. The van der Waals surface area contributed by atoms with E-state index >= 15 is 0 Å². The van der Waals surface area contributed by atoms with E-state index in [2.05, 4.69) is 31.2 Å². The topological polar surface area (TPSA) is 57.8 Å². The van der Waals surface area contributed by atoms with E-state index in [1.807, 2.05) is 66.1 Å². The highest BCUT2D eigenvalue weighted by atomic mass is 79.9. The molecular weight excluding hydrogens is 410 g/mol. The van der Waals surface area contributed by atoms with Crippen molar-refractivity contribution in [3.05, 3.63) is 86.8 Å². The van der Waals surface area contributed by atoms with Gasteiger partial charge in [0, 0.05) is 4.47 Å². The summed E-state index contributed by atoms with van der Waals surface area (Å²) in [5, 5.41) is 4.87. The van der Waals surface area contributed by atoms with E-state index in [4.69, 9.17) is 0 Å². The predicted octanol–water partition coefficient (Wildman–Crippen LogP) is 5.32. The van der Waals surface area contributed by atoms with E-state index in [1.165, 1.54) is 11.3 Å². The smallest absolute Gasteiger partial charge is 0.265 e. The summed E-state index contributed by atoms with van der Waals surface area (Å²) in [5.74, 6) is 0.475. The molecule has 0 aliphatic rings. The van der Waals surface area contributed by atoms with Crippen molar-refractivity contribution in [2.75, 3.05) is 0 Å². The second kappa shape index (κ2) is 7.27. The number of carbonyl (C=O) groups is 1. The van der Waals surface area contributed by atoms with Crippen molar-refractivity contribution in [3.63, 3.8) is 0 Å². The minimum absolute atomic E-state index is 0.149. The fraction of sp³-hybridized carbons (Fsp3) is 0. The number of amides is 1. The molecule has 0 atom stereocenters. The van der Waals surface area contributed by atoms with Crippen LogP contribution in [0.3, 0.4) is 0 Å². The summed E-state index contributed by atoms with van der Waals surface area (Å²) < 4.78 is 1.00. The second-order valence-electron chi connectivity index (χ2n) is 5.64. The van der Waals surface area contributed by atoms with Crippen LogP contribution in [-0.2, 0) is 0 Å². The lowest BCUT2D eigenvalue weighted by Gasteiger charge is -2.07. The Morgan fingerprint density at radius 2 is 1.88 bits per heavy atom. The van der Waals surface area contributed by atoms with Gasteiger partial charge in [0.25, 0.3) is 5.91 Å². The standard InChI is InChI=1S/C20H14BrN3OS/c21-14-9-7-13(8-10-14)12-17(24-20(25)18-6-3-11-26-18)19-22-15-4-1-2-5-16(15)23-19/h1-12H,(H,22,23)(H,24,25)/b17-12+. The van der Waals surface area contributed by atoms with Crippen LogP contribution >= 0.6 is 27.3 Å². The third-order valence-electron chi connectivity index (χ3n) is 3.82. The number of nitrogens with zero attached hydrogens (tertiary/aromatic N) is 1. The lowest BCUT2D eigenvalue weighted by molar-refractivity contribution is 0.0977. The maximum atomic E-state index is 12.6. The molecule has 0 radical (unpaired) electrons. The van der Waals surface area contributed by atoms with E-state index in [1.54, 1.807) is 6.07 Å². The lowest BCUT2D eigenvalue weighted by Crippen LogP contribution is -2.21. The number of H-pyrrole nitrogens is 1. The van der Waals surface area contributed by atoms with Gasteiger partial charge in [-0.1, -0.05) is 46.3 Å². The van der Waals surface area contributed by atoms with Crippen molar-refractivity contribution in [1.29, 1.82) is 0 Å². The summed E-state index contributed by atoms with van der Waals surface area (Å²) in [4.78, 5) is 21.1. The van der Waals surface area contributed by atoms with Gasteiger partial charge in [0.1, 0.15) is 0 Å². The average Bonchev–Trinajstić information content (AvgIpc) is 3.32. The van der Waals surface area contributed by atoms with Crippen molar-refractivity contribution < 1.29 is 4.79 Å². The number of hydrogen-bond acceptors (Lipinski definition) is 3. The van der Waals surface area contributed by atoms with Crippen LogP contribution in [0.4, 0.5) is 0 Å². The molecule has 0 aliphatic heterocycles. The first-order valence-electron chi connectivity index (χ1n) is 7.96. The Kier molecular flexibility index (Phi) is 4.69. The molecule has 26 heavy (non-hydrogen) atoms. The normalized spacial score (nSPS) is 11.7. The maximum absolute atomic E-state index is 12.6. The molecule has 0 unspecified atom stereocenters. The van der Waals surface area contributed by atoms with Gasteiger partial charge in [-0.2, -0.15) is 0 Å².